The van der Waals surface area contributed by atoms with Crippen LogP contribution in [0.15, 0.2) is 24.4 Å². The van der Waals surface area contributed by atoms with Gasteiger partial charge in [-0.05, 0) is 39.3 Å². The first kappa shape index (κ1) is 15.4. The van der Waals surface area contributed by atoms with Gasteiger partial charge in [0, 0.05) is 18.3 Å². The lowest BCUT2D eigenvalue weighted by Crippen LogP contribution is -2.35. The molecule has 0 aliphatic rings. The lowest BCUT2D eigenvalue weighted by molar-refractivity contribution is 0.424. The summed E-state index contributed by atoms with van der Waals surface area (Å²) >= 11 is 12.4. The average Bonchev–Trinajstić information content (AvgIpc) is 2.65. The quantitative estimate of drug-likeness (QED) is 0.912. The Balaban J connectivity index is 2.41. The molecule has 0 saturated carbocycles. The first-order chi connectivity index (χ1) is 9.28. The van der Waals surface area contributed by atoms with Gasteiger partial charge in [-0.15, -0.1) is 0 Å². The first-order valence-corrected chi connectivity index (χ1v) is 7.28. The topological polar surface area (TPSA) is 29.9 Å². The molecule has 0 fully saturated rings. The van der Waals surface area contributed by atoms with Crippen molar-refractivity contribution in [2.45, 2.75) is 39.8 Å². The molecular weight excluding hydrogens is 293 g/mol. The highest BCUT2D eigenvalue weighted by atomic mass is 35.5. The van der Waals surface area contributed by atoms with Crippen LogP contribution in [0.4, 0.5) is 0 Å². The average molecular weight is 312 g/mol. The minimum atomic E-state index is 0.0390. The van der Waals surface area contributed by atoms with E-state index in [2.05, 4.69) is 31.2 Å². The monoisotopic (exact) mass is 311 g/mol. The van der Waals surface area contributed by atoms with E-state index in [9.17, 15) is 0 Å². The van der Waals surface area contributed by atoms with Gasteiger partial charge < -0.3 is 5.32 Å². The highest BCUT2D eigenvalue weighted by molar-refractivity contribution is 6.32. The summed E-state index contributed by atoms with van der Waals surface area (Å²) in [7, 11) is 0. The van der Waals surface area contributed by atoms with E-state index in [4.69, 9.17) is 23.2 Å². The van der Waals surface area contributed by atoms with Gasteiger partial charge in [0.2, 0.25) is 0 Å². The van der Waals surface area contributed by atoms with Crippen LogP contribution >= 0.6 is 23.2 Å². The van der Waals surface area contributed by atoms with E-state index in [1.54, 1.807) is 10.9 Å². The Morgan fingerprint density at radius 2 is 1.90 bits per heavy atom. The van der Waals surface area contributed by atoms with E-state index in [-0.39, 0.29) is 5.54 Å². The van der Waals surface area contributed by atoms with E-state index in [0.29, 0.717) is 10.0 Å². The summed E-state index contributed by atoms with van der Waals surface area (Å²) in [5.41, 5.74) is 2.80. The van der Waals surface area contributed by atoms with Gasteiger partial charge in [-0.3, -0.25) is 0 Å². The molecule has 0 aliphatic heterocycles. The Hall–Kier alpha value is -1.03. The van der Waals surface area contributed by atoms with Gasteiger partial charge in [0.25, 0.3) is 0 Å². The lowest BCUT2D eigenvalue weighted by Gasteiger charge is -2.22. The zero-order valence-electron chi connectivity index (χ0n) is 12.2. The van der Waals surface area contributed by atoms with Gasteiger partial charge in [0.05, 0.1) is 21.4 Å². The first-order valence-electron chi connectivity index (χ1n) is 6.52. The van der Waals surface area contributed by atoms with Crippen LogP contribution in [0.5, 0.6) is 0 Å². The molecule has 3 nitrogen and oxygen atoms in total. The number of hydrogen-bond acceptors (Lipinski definition) is 2. The third-order valence-corrected chi connectivity index (χ3v) is 3.62. The number of nitrogens with one attached hydrogen (secondary N) is 1. The van der Waals surface area contributed by atoms with Crippen LogP contribution in [0.2, 0.25) is 10.0 Å². The number of aromatic nitrogens is 2. The Labute approximate surface area is 129 Å². The molecule has 5 heteroatoms. The highest BCUT2D eigenvalue weighted by Crippen LogP contribution is 2.26. The molecule has 0 unspecified atom stereocenters. The number of benzene rings is 1. The van der Waals surface area contributed by atoms with Crippen molar-refractivity contribution in [3.05, 3.63) is 45.7 Å². The standard InChI is InChI=1S/C15H19Cl2N3/c1-10-13(17)9-20(19-10)14-11(6-5-7-12(14)16)8-18-15(2,3)4/h5-7,9,18H,8H2,1-4H3. The molecular formula is C15H19Cl2N3. The van der Waals surface area contributed by atoms with E-state index in [1.165, 1.54) is 0 Å². The van der Waals surface area contributed by atoms with Gasteiger partial charge in [-0.25, -0.2) is 4.68 Å². The number of aryl methyl sites for hydroxylation is 1. The molecule has 1 N–H and O–H groups in total. The van der Waals surface area contributed by atoms with Crippen molar-refractivity contribution in [1.29, 1.82) is 0 Å². The van der Waals surface area contributed by atoms with Crippen LogP contribution in [0, 0.1) is 6.92 Å². The molecule has 20 heavy (non-hydrogen) atoms. The van der Waals surface area contributed by atoms with Crippen molar-refractivity contribution in [1.82, 2.24) is 15.1 Å². The molecule has 0 amide bonds. The Morgan fingerprint density at radius 3 is 2.45 bits per heavy atom. The largest absolute Gasteiger partial charge is 0.308 e. The number of rotatable bonds is 3. The Morgan fingerprint density at radius 1 is 1.20 bits per heavy atom. The van der Waals surface area contributed by atoms with Crippen molar-refractivity contribution in [3.8, 4) is 5.69 Å². The fraction of sp³-hybridized carbons (Fsp3) is 0.400. The van der Waals surface area contributed by atoms with Crippen LogP contribution in [0.1, 0.15) is 32.0 Å². The molecule has 0 aliphatic carbocycles. The summed E-state index contributed by atoms with van der Waals surface area (Å²) in [4.78, 5) is 0. The molecule has 1 aromatic carbocycles. The molecule has 2 rings (SSSR count). The number of halogens is 2. The summed E-state index contributed by atoms with van der Waals surface area (Å²) in [6, 6.07) is 5.86. The second-order valence-electron chi connectivity index (χ2n) is 5.86. The van der Waals surface area contributed by atoms with Gasteiger partial charge in [-0.1, -0.05) is 35.3 Å². The van der Waals surface area contributed by atoms with Crippen molar-refractivity contribution in [2.24, 2.45) is 0 Å². The second kappa shape index (κ2) is 5.76. The number of para-hydroxylation sites is 1. The molecule has 0 radical (unpaired) electrons. The fourth-order valence-corrected chi connectivity index (χ4v) is 2.28. The van der Waals surface area contributed by atoms with Crippen LogP contribution in [0.3, 0.4) is 0 Å². The minimum absolute atomic E-state index is 0.0390. The van der Waals surface area contributed by atoms with E-state index in [0.717, 1.165) is 23.5 Å². The molecule has 0 saturated heterocycles. The van der Waals surface area contributed by atoms with Gasteiger partial charge >= 0.3 is 0 Å². The molecule has 0 bridgehead atoms. The van der Waals surface area contributed by atoms with Crippen LogP contribution < -0.4 is 5.32 Å². The molecule has 2 aromatic rings. The van der Waals surface area contributed by atoms with Crippen molar-refractivity contribution < 1.29 is 0 Å². The molecule has 1 aromatic heterocycles. The maximum atomic E-state index is 6.34. The van der Waals surface area contributed by atoms with E-state index >= 15 is 0 Å². The zero-order chi connectivity index (χ0) is 14.9. The Kier molecular flexibility index (Phi) is 4.43. The van der Waals surface area contributed by atoms with Crippen LogP contribution in [0.25, 0.3) is 5.69 Å². The Bertz CT molecular complexity index is 593. The summed E-state index contributed by atoms with van der Waals surface area (Å²) in [5, 5.41) is 9.19. The third-order valence-electron chi connectivity index (χ3n) is 2.95. The molecule has 1 heterocycles. The smallest absolute Gasteiger partial charge is 0.0877 e. The van der Waals surface area contributed by atoms with Crippen molar-refractivity contribution in [2.75, 3.05) is 0 Å². The molecule has 108 valence electrons. The fourth-order valence-electron chi connectivity index (χ4n) is 1.87. The normalized spacial score (nSPS) is 11.9. The minimum Gasteiger partial charge on any atom is -0.308 e. The number of nitrogens with zero attached hydrogens (tertiary/aromatic N) is 2. The van der Waals surface area contributed by atoms with Gasteiger partial charge in [-0.2, -0.15) is 5.10 Å². The predicted molar refractivity (Wildman–Crippen MR) is 84.9 cm³/mol. The highest BCUT2D eigenvalue weighted by Gasteiger charge is 2.15. The number of hydrogen-bond donors (Lipinski definition) is 1. The predicted octanol–water partition coefficient (Wildman–Crippen LogP) is 4.38. The summed E-state index contributed by atoms with van der Waals surface area (Å²) in [5.74, 6) is 0. The second-order valence-corrected chi connectivity index (χ2v) is 6.67. The summed E-state index contributed by atoms with van der Waals surface area (Å²) < 4.78 is 1.75. The third kappa shape index (κ3) is 3.54. The maximum Gasteiger partial charge on any atom is 0.0877 e. The summed E-state index contributed by atoms with van der Waals surface area (Å²) in [6.07, 6.45) is 1.79. The van der Waals surface area contributed by atoms with Gasteiger partial charge in [0.15, 0.2) is 0 Å². The zero-order valence-corrected chi connectivity index (χ0v) is 13.7. The molecule has 0 atom stereocenters. The van der Waals surface area contributed by atoms with Crippen LogP contribution in [-0.4, -0.2) is 15.3 Å². The summed E-state index contributed by atoms with van der Waals surface area (Å²) in [6.45, 7) is 8.99. The van der Waals surface area contributed by atoms with E-state index < -0.39 is 0 Å². The van der Waals surface area contributed by atoms with Crippen LogP contribution in [-0.2, 0) is 6.54 Å². The maximum absolute atomic E-state index is 6.34. The lowest BCUT2D eigenvalue weighted by atomic mass is 10.1. The van der Waals surface area contributed by atoms with Crippen molar-refractivity contribution in [3.63, 3.8) is 0 Å². The van der Waals surface area contributed by atoms with Crippen molar-refractivity contribution >= 4 is 23.2 Å². The van der Waals surface area contributed by atoms with E-state index in [1.807, 2.05) is 25.1 Å². The molecule has 0 spiro atoms. The van der Waals surface area contributed by atoms with Gasteiger partial charge in [0.1, 0.15) is 0 Å². The SMILES string of the molecule is Cc1nn(-c2c(Cl)cccc2CNC(C)(C)C)cc1Cl.